The highest BCUT2D eigenvalue weighted by atomic mass is 16.5. The van der Waals surface area contributed by atoms with Crippen LogP contribution in [0.1, 0.15) is 32.3 Å². The lowest BCUT2D eigenvalue weighted by Crippen LogP contribution is -2.33. The lowest BCUT2D eigenvalue weighted by Gasteiger charge is -2.19. The van der Waals surface area contributed by atoms with Crippen LogP contribution in [0.5, 0.6) is 0 Å². The van der Waals surface area contributed by atoms with Crippen LogP contribution >= 0.6 is 0 Å². The van der Waals surface area contributed by atoms with Crippen molar-refractivity contribution in [2.45, 2.75) is 39.3 Å². The van der Waals surface area contributed by atoms with Crippen molar-refractivity contribution in [2.24, 2.45) is 0 Å². The first kappa shape index (κ1) is 21.6. The van der Waals surface area contributed by atoms with Gasteiger partial charge < -0.3 is 19.5 Å². The molecule has 0 spiro atoms. The number of hydrogen-bond donors (Lipinski definition) is 1. The fourth-order valence-electron chi connectivity index (χ4n) is 3.75. The Labute approximate surface area is 176 Å². The van der Waals surface area contributed by atoms with E-state index < -0.39 is 5.91 Å². The third kappa shape index (κ3) is 4.89. The maximum absolute atomic E-state index is 12.6. The number of aromatic nitrogens is 1. The van der Waals surface area contributed by atoms with E-state index in [0.29, 0.717) is 26.2 Å². The molecule has 1 aliphatic heterocycles. The van der Waals surface area contributed by atoms with Crippen molar-refractivity contribution in [3.63, 3.8) is 0 Å². The summed E-state index contributed by atoms with van der Waals surface area (Å²) >= 11 is 0. The fourth-order valence-corrected chi connectivity index (χ4v) is 3.75. The van der Waals surface area contributed by atoms with Crippen molar-refractivity contribution in [2.75, 3.05) is 26.2 Å². The molecule has 1 atom stereocenters. The first-order valence-electron chi connectivity index (χ1n) is 10.4. The number of para-hydroxylation sites is 1. The monoisotopic (exact) mass is 408 g/mol. The van der Waals surface area contributed by atoms with Crippen molar-refractivity contribution >= 4 is 28.8 Å². The number of fused-ring (bicyclic) bond motifs is 1. The number of nitrogens with one attached hydrogen (secondary N) is 1. The Morgan fingerprint density at radius 1 is 1.33 bits per heavy atom. The van der Waals surface area contributed by atoms with Gasteiger partial charge in [-0.05, 0) is 38.8 Å². The normalized spacial score (nSPS) is 16.4. The Balaban J connectivity index is 1.84. The van der Waals surface area contributed by atoms with Gasteiger partial charge in [-0.1, -0.05) is 18.2 Å². The summed E-state index contributed by atoms with van der Waals surface area (Å²) in [6.45, 7) is 6.55. The molecule has 1 saturated heterocycles. The van der Waals surface area contributed by atoms with Gasteiger partial charge in [-0.2, -0.15) is 5.26 Å². The molecule has 1 unspecified atom stereocenters. The van der Waals surface area contributed by atoms with Crippen molar-refractivity contribution in [3.05, 3.63) is 41.6 Å². The first-order chi connectivity index (χ1) is 14.6. The van der Waals surface area contributed by atoms with Crippen molar-refractivity contribution in [1.82, 2.24) is 14.8 Å². The summed E-state index contributed by atoms with van der Waals surface area (Å²) in [6.07, 6.45) is 5.34. The van der Waals surface area contributed by atoms with Gasteiger partial charge in [0.2, 0.25) is 5.91 Å². The molecule has 0 aliphatic carbocycles. The van der Waals surface area contributed by atoms with Gasteiger partial charge in [0.1, 0.15) is 18.2 Å². The topological polar surface area (TPSA) is 87.4 Å². The number of nitrogens with zero attached hydrogens (tertiary/aromatic N) is 3. The van der Waals surface area contributed by atoms with Gasteiger partial charge in [0.15, 0.2) is 0 Å². The smallest absolute Gasteiger partial charge is 0.262 e. The molecule has 1 fully saturated rings. The zero-order valence-electron chi connectivity index (χ0n) is 17.6. The quantitative estimate of drug-likeness (QED) is 0.537. The van der Waals surface area contributed by atoms with E-state index in [9.17, 15) is 14.9 Å². The van der Waals surface area contributed by atoms with Crippen LogP contribution in [0.15, 0.2) is 36.0 Å². The summed E-state index contributed by atoms with van der Waals surface area (Å²) in [5.74, 6) is -0.379. The van der Waals surface area contributed by atoms with Gasteiger partial charge in [0, 0.05) is 48.9 Å². The van der Waals surface area contributed by atoms with E-state index in [1.165, 1.54) is 0 Å². The van der Waals surface area contributed by atoms with Crippen LogP contribution in [0, 0.1) is 11.3 Å². The first-order valence-corrected chi connectivity index (χ1v) is 10.4. The number of ether oxygens (including phenoxy) is 1. The second-order valence-corrected chi connectivity index (χ2v) is 7.31. The number of hydrogen-bond acceptors (Lipinski definition) is 4. The Morgan fingerprint density at radius 3 is 2.77 bits per heavy atom. The molecular formula is C23H28N4O3. The second kappa shape index (κ2) is 10.1. The number of likely N-dealkylation sites (N-methyl/N-ethyl adjacent to an activating group) is 1. The summed E-state index contributed by atoms with van der Waals surface area (Å²) < 4.78 is 7.39. The lowest BCUT2D eigenvalue weighted by atomic mass is 10.1. The van der Waals surface area contributed by atoms with E-state index in [-0.39, 0.29) is 24.1 Å². The summed E-state index contributed by atoms with van der Waals surface area (Å²) in [6, 6.07) is 9.68. The lowest BCUT2D eigenvalue weighted by molar-refractivity contribution is -0.131. The second-order valence-electron chi connectivity index (χ2n) is 7.31. The zero-order valence-corrected chi connectivity index (χ0v) is 17.6. The molecular weight excluding hydrogens is 380 g/mol. The molecule has 7 heteroatoms. The molecule has 3 rings (SSSR count). The van der Waals surface area contributed by atoms with Crippen LogP contribution in [0.4, 0.5) is 0 Å². The molecule has 1 N–H and O–H groups in total. The number of carbonyl (C=O) groups is 2. The molecule has 0 bridgehead atoms. The Kier molecular flexibility index (Phi) is 7.26. The highest BCUT2D eigenvalue weighted by molar-refractivity contribution is 6.04. The van der Waals surface area contributed by atoms with E-state index >= 15 is 0 Å². The summed E-state index contributed by atoms with van der Waals surface area (Å²) in [5, 5.41) is 13.2. The Morgan fingerprint density at radius 2 is 2.10 bits per heavy atom. The standard InChI is InChI=1S/C23H28N4O3/c1-3-26(4-2)22(28)16-27-15-18(20-9-5-6-10-21(20)27)12-17(13-24)23(29)25-14-19-8-7-11-30-19/h5-6,9-10,12,15,19H,3-4,7-8,11,14,16H2,1-2H3,(H,25,29)/b17-12+. The van der Waals surface area contributed by atoms with Crippen LogP contribution in [0.3, 0.4) is 0 Å². The highest BCUT2D eigenvalue weighted by Gasteiger charge is 2.19. The van der Waals surface area contributed by atoms with Crippen LogP contribution in [0.2, 0.25) is 0 Å². The highest BCUT2D eigenvalue weighted by Crippen LogP contribution is 2.24. The van der Waals surface area contributed by atoms with Crippen molar-refractivity contribution in [1.29, 1.82) is 5.26 Å². The summed E-state index contributed by atoms with van der Waals surface area (Å²) in [7, 11) is 0. The zero-order chi connectivity index (χ0) is 21.5. The van der Waals surface area contributed by atoms with E-state index in [2.05, 4.69) is 5.32 Å². The van der Waals surface area contributed by atoms with E-state index in [4.69, 9.17) is 4.74 Å². The van der Waals surface area contributed by atoms with E-state index in [1.807, 2.05) is 54.9 Å². The molecule has 7 nitrogen and oxygen atoms in total. The van der Waals surface area contributed by atoms with Crippen LogP contribution in [-0.4, -0.2) is 53.6 Å². The molecule has 2 amide bonds. The SMILES string of the molecule is CCN(CC)C(=O)Cn1cc(/C=C(\C#N)C(=O)NCC2CCCO2)c2ccccc21. The Hall–Kier alpha value is -3.11. The minimum absolute atomic E-state index is 0.0156. The number of nitriles is 1. The third-order valence-corrected chi connectivity index (χ3v) is 5.42. The van der Waals surface area contributed by atoms with Gasteiger partial charge in [0.05, 0.1) is 6.10 Å². The van der Waals surface area contributed by atoms with E-state index in [1.54, 1.807) is 11.0 Å². The molecule has 0 radical (unpaired) electrons. The fraction of sp³-hybridized carbons (Fsp3) is 0.435. The number of carbonyl (C=O) groups excluding carboxylic acids is 2. The minimum Gasteiger partial charge on any atom is -0.376 e. The van der Waals surface area contributed by atoms with Gasteiger partial charge in [0.25, 0.3) is 5.91 Å². The van der Waals surface area contributed by atoms with Crippen LogP contribution in [-0.2, 0) is 20.9 Å². The number of rotatable bonds is 8. The molecule has 158 valence electrons. The van der Waals surface area contributed by atoms with Gasteiger partial charge >= 0.3 is 0 Å². The summed E-state index contributed by atoms with van der Waals surface area (Å²) in [4.78, 5) is 26.9. The predicted molar refractivity (Wildman–Crippen MR) is 115 cm³/mol. The van der Waals surface area contributed by atoms with Gasteiger partial charge in [-0.15, -0.1) is 0 Å². The summed E-state index contributed by atoms with van der Waals surface area (Å²) in [5.41, 5.74) is 1.66. The van der Waals surface area contributed by atoms with Crippen LogP contribution in [0.25, 0.3) is 17.0 Å². The third-order valence-electron chi connectivity index (χ3n) is 5.42. The molecule has 2 aromatic rings. The number of benzene rings is 1. The van der Waals surface area contributed by atoms with Crippen LogP contribution < -0.4 is 5.32 Å². The average molecular weight is 409 g/mol. The largest absolute Gasteiger partial charge is 0.376 e. The predicted octanol–water partition coefficient (Wildman–Crippen LogP) is 2.71. The maximum Gasteiger partial charge on any atom is 0.262 e. The average Bonchev–Trinajstić information content (AvgIpc) is 3.40. The molecule has 0 saturated carbocycles. The van der Waals surface area contributed by atoms with Gasteiger partial charge in [-0.25, -0.2) is 0 Å². The van der Waals surface area contributed by atoms with Crippen molar-refractivity contribution in [3.8, 4) is 6.07 Å². The minimum atomic E-state index is -0.413. The molecule has 1 aromatic heterocycles. The van der Waals surface area contributed by atoms with Crippen molar-refractivity contribution < 1.29 is 14.3 Å². The molecule has 2 heterocycles. The van der Waals surface area contributed by atoms with Gasteiger partial charge in [-0.3, -0.25) is 9.59 Å². The number of amides is 2. The molecule has 1 aromatic carbocycles. The Bertz CT molecular complexity index is 976. The maximum atomic E-state index is 12.6. The van der Waals surface area contributed by atoms with E-state index in [0.717, 1.165) is 29.3 Å². The molecule has 1 aliphatic rings. The molecule has 30 heavy (non-hydrogen) atoms.